The van der Waals surface area contributed by atoms with Gasteiger partial charge in [-0.1, -0.05) is 54.6 Å². The van der Waals surface area contributed by atoms with Crippen LogP contribution in [-0.4, -0.2) is 15.7 Å². The quantitative estimate of drug-likeness (QED) is 0.447. The van der Waals surface area contributed by atoms with Crippen LogP contribution in [0.1, 0.15) is 27.3 Å². The second kappa shape index (κ2) is 7.60. The predicted molar refractivity (Wildman–Crippen MR) is 117 cm³/mol. The molecule has 1 N–H and O–H groups in total. The van der Waals surface area contributed by atoms with Crippen molar-refractivity contribution in [1.82, 2.24) is 9.78 Å². The van der Waals surface area contributed by atoms with E-state index in [0.717, 1.165) is 21.5 Å². The average Bonchev–Trinajstić information content (AvgIpc) is 2.96. The molecule has 0 aliphatic heterocycles. The van der Waals surface area contributed by atoms with Crippen molar-refractivity contribution in [2.24, 2.45) is 0 Å². The summed E-state index contributed by atoms with van der Waals surface area (Å²) in [5.74, 6) is -0.150. The molecular weight excluding hydrogens is 414 g/mol. The van der Waals surface area contributed by atoms with Crippen LogP contribution in [0.3, 0.4) is 0 Å². The highest BCUT2D eigenvalue weighted by molar-refractivity contribution is 9.10. The molecule has 1 heterocycles. The summed E-state index contributed by atoms with van der Waals surface area (Å²) in [5.41, 5.74) is 4.31. The fourth-order valence-electron chi connectivity index (χ4n) is 3.45. The van der Waals surface area contributed by atoms with E-state index in [2.05, 4.69) is 62.7 Å². The number of fused-ring (bicyclic) bond motifs is 1. The zero-order valence-electron chi connectivity index (χ0n) is 15.7. The van der Waals surface area contributed by atoms with Crippen LogP contribution in [-0.2, 0) is 6.54 Å². The maximum absolute atomic E-state index is 12.7. The van der Waals surface area contributed by atoms with Crippen LogP contribution in [0.25, 0.3) is 10.8 Å². The Labute approximate surface area is 172 Å². The van der Waals surface area contributed by atoms with Gasteiger partial charge < -0.3 is 5.32 Å². The molecule has 0 unspecified atom stereocenters. The van der Waals surface area contributed by atoms with E-state index in [1.807, 2.05) is 42.8 Å². The Morgan fingerprint density at radius 3 is 2.54 bits per heavy atom. The number of hydrogen-bond donors (Lipinski definition) is 1. The van der Waals surface area contributed by atoms with Gasteiger partial charge in [-0.2, -0.15) is 5.10 Å². The molecule has 0 spiro atoms. The lowest BCUT2D eigenvalue weighted by atomic mass is 10.0. The van der Waals surface area contributed by atoms with Crippen LogP contribution in [0.5, 0.6) is 0 Å². The Balaban J connectivity index is 1.64. The van der Waals surface area contributed by atoms with E-state index in [1.54, 1.807) is 6.07 Å². The van der Waals surface area contributed by atoms with Crippen molar-refractivity contribution in [2.75, 3.05) is 5.32 Å². The molecule has 4 nitrogen and oxygen atoms in total. The number of hydrogen-bond acceptors (Lipinski definition) is 2. The SMILES string of the molecule is Cc1nn(Cc2cccc3ccccc23)c(C)c1NC(=O)c1ccccc1Br. The van der Waals surface area contributed by atoms with Gasteiger partial charge in [0.2, 0.25) is 0 Å². The third-order valence-electron chi connectivity index (χ3n) is 4.94. The number of amides is 1. The number of halogens is 1. The lowest BCUT2D eigenvalue weighted by molar-refractivity contribution is 0.102. The summed E-state index contributed by atoms with van der Waals surface area (Å²) < 4.78 is 2.72. The molecule has 0 aliphatic rings. The summed E-state index contributed by atoms with van der Waals surface area (Å²) in [7, 11) is 0. The number of carbonyl (C=O) groups excluding carboxylic acids is 1. The zero-order valence-corrected chi connectivity index (χ0v) is 17.3. The van der Waals surface area contributed by atoms with E-state index < -0.39 is 0 Å². The van der Waals surface area contributed by atoms with E-state index in [1.165, 1.54) is 16.3 Å². The van der Waals surface area contributed by atoms with Crippen molar-refractivity contribution >= 4 is 38.3 Å². The Hall–Kier alpha value is -2.92. The van der Waals surface area contributed by atoms with Gasteiger partial charge in [0, 0.05) is 4.47 Å². The summed E-state index contributed by atoms with van der Waals surface area (Å²) in [6, 6.07) is 22.0. The number of carbonyl (C=O) groups is 1. The van der Waals surface area contributed by atoms with Crippen molar-refractivity contribution in [2.45, 2.75) is 20.4 Å². The molecule has 3 aromatic carbocycles. The molecule has 0 saturated heterocycles. The first kappa shape index (κ1) is 18.4. The molecule has 1 amide bonds. The van der Waals surface area contributed by atoms with Gasteiger partial charge in [-0.25, -0.2) is 0 Å². The van der Waals surface area contributed by atoms with Crippen LogP contribution in [0.4, 0.5) is 5.69 Å². The molecule has 0 atom stereocenters. The van der Waals surface area contributed by atoms with E-state index in [0.29, 0.717) is 12.1 Å². The first-order valence-electron chi connectivity index (χ1n) is 9.11. The van der Waals surface area contributed by atoms with Crippen molar-refractivity contribution in [3.63, 3.8) is 0 Å². The topological polar surface area (TPSA) is 46.9 Å². The molecule has 5 heteroatoms. The highest BCUT2D eigenvalue weighted by Gasteiger charge is 2.17. The second-order valence-corrected chi connectivity index (χ2v) is 7.63. The number of benzene rings is 3. The van der Waals surface area contributed by atoms with Gasteiger partial charge in [0.25, 0.3) is 5.91 Å². The molecule has 4 aromatic rings. The number of nitrogens with zero attached hydrogens (tertiary/aromatic N) is 2. The first-order chi connectivity index (χ1) is 13.5. The van der Waals surface area contributed by atoms with Crippen LogP contribution in [0, 0.1) is 13.8 Å². The summed E-state index contributed by atoms with van der Waals surface area (Å²) in [6.45, 7) is 4.56. The largest absolute Gasteiger partial charge is 0.319 e. The minimum atomic E-state index is -0.150. The smallest absolute Gasteiger partial charge is 0.256 e. The summed E-state index contributed by atoms with van der Waals surface area (Å²) >= 11 is 3.44. The van der Waals surface area contributed by atoms with Gasteiger partial charge in [-0.05, 0) is 58.2 Å². The van der Waals surface area contributed by atoms with Crippen molar-refractivity contribution < 1.29 is 4.79 Å². The van der Waals surface area contributed by atoms with E-state index in [9.17, 15) is 4.79 Å². The summed E-state index contributed by atoms with van der Waals surface area (Å²) in [4.78, 5) is 12.7. The Bertz CT molecular complexity index is 1170. The summed E-state index contributed by atoms with van der Waals surface area (Å²) in [6.07, 6.45) is 0. The minimum Gasteiger partial charge on any atom is -0.319 e. The van der Waals surface area contributed by atoms with Gasteiger partial charge in [0.05, 0.1) is 29.2 Å². The molecule has 4 rings (SSSR count). The van der Waals surface area contributed by atoms with Gasteiger partial charge in [-0.15, -0.1) is 0 Å². The van der Waals surface area contributed by atoms with Gasteiger partial charge >= 0.3 is 0 Å². The Morgan fingerprint density at radius 2 is 1.71 bits per heavy atom. The molecule has 140 valence electrons. The molecular formula is C23H20BrN3O. The van der Waals surface area contributed by atoms with Crippen molar-refractivity contribution in [1.29, 1.82) is 0 Å². The molecule has 0 bridgehead atoms. The molecule has 0 saturated carbocycles. The third kappa shape index (κ3) is 3.45. The first-order valence-corrected chi connectivity index (χ1v) is 9.90. The summed E-state index contributed by atoms with van der Waals surface area (Å²) in [5, 5.41) is 10.1. The molecule has 0 fully saturated rings. The van der Waals surface area contributed by atoms with E-state index >= 15 is 0 Å². The van der Waals surface area contributed by atoms with E-state index in [4.69, 9.17) is 0 Å². The number of aryl methyl sites for hydroxylation is 1. The lowest BCUT2D eigenvalue weighted by Gasteiger charge is -2.10. The fraction of sp³-hybridized carbons (Fsp3) is 0.130. The monoisotopic (exact) mass is 433 g/mol. The van der Waals surface area contributed by atoms with Gasteiger partial charge in [0.15, 0.2) is 0 Å². The van der Waals surface area contributed by atoms with E-state index in [-0.39, 0.29) is 5.91 Å². The Morgan fingerprint density at radius 1 is 1.00 bits per heavy atom. The fourth-order valence-corrected chi connectivity index (χ4v) is 3.91. The second-order valence-electron chi connectivity index (χ2n) is 6.78. The minimum absolute atomic E-state index is 0.150. The predicted octanol–water partition coefficient (Wildman–Crippen LogP) is 5.72. The third-order valence-corrected chi connectivity index (χ3v) is 5.63. The van der Waals surface area contributed by atoms with Crippen molar-refractivity contribution in [3.05, 3.63) is 93.7 Å². The maximum atomic E-state index is 12.7. The average molecular weight is 434 g/mol. The van der Waals surface area contributed by atoms with Crippen molar-refractivity contribution in [3.8, 4) is 0 Å². The van der Waals surface area contributed by atoms with Crippen LogP contribution >= 0.6 is 15.9 Å². The number of aromatic nitrogens is 2. The molecule has 1 aromatic heterocycles. The van der Waals surface area contributed by atoms with Crippen LogP contribution in [0.15, 0.2) is 71.2 Å². The highest BCUT2D eigenvalue weighted by Crippen LogP contribution is 2.25. The Kier molecular flexibility index (Phi) is 5.01. The number of rotatable bonds is 4. The van der Waals surface area contributed by atoms with Gasteiger partial charge in [-0.3, -0.25) is 9.48 Å². The van der Waals surface area contributed by atoms with Gasteiger partial charge in [0.1, 0.15) is 0 Å². The highest BCUT2D eigenvalue weighted by atomic mass is 79.9. The molecule has 28 heavy (non-hydrogen) atoms. The van der Waals surface area contributed by atoms with Crippen LogP contribution in [0.2, 0.25) is 0 Å². The maximum Gasteiger partial charge on any atom is 0.256 e. The number of anilines is 1. The molecule has 0 aliphatic carbocycles. The zero-order chi connectivity index (χ0) is 19.7. The standard InChI is InChI=1S/C23H20BrN3O/c1-15-22(25-23(28)20-12-5-6-13-21(20)24)16(2)27(26-15)14-18-10-7-9-17-8-3-4-11-19(17)18/h3-13H,14H2,1-2H3,(H,25,28). The van der Waals surface area contributed by atoms with Crippen LogP contribution < -0.4 is 5.32 Å². The number of nitrogens with one attached hydrogen (secondary N) is 1. The lowest BCUT2D eigenvalue weighted by Crippen LogP contribution is -2.14. The molecule has 0 radical (unpaired) electrons. The normalized spacial score (nSPS) is 11.0.